The van der Waals surface area contributed by atoms with Crippen LogP contribution < -0.4 is 19.1 Å². The van der Waals surface area contributed by atoms with Gasteiger partial charge in [0, 0.05) is 18.0 Å². The van der Waals surface area contributed by atoms with E-state index in [4.69, 9.17) is 14.2 Å². The maximum Gasteiger partial charge on any atom is 0.418 e. The standard InChI is InChI=1S/C25H23F3N2O4/c1-3-33-22-11-10-16(13-23(22)32-2)34-15-18-17-7-4-5-9-21(17)30(24(18)31)14-20-19(25(26,27)28)8-6-12-29-20/h4-13,18H,3,14-15H2,1-2H3. The number of alkyl halides is 3. The average Bonchev–Trinajstić information content (AvgIpc) is 3.09. The number of pyridine rings is 1. The van der Waals surface area contributed by atoms with Crippen molar-refractivity contribution < 1.29 is 32.2 Å². The van der Waals surface area contributed by atoms with Crippen LogP contribution in [0.1, 0.15) is 29.7 Å². The molecule has 9 heteroatoms. The highest BCUT2D eigenvalue weighted by Gasteiger charge is 2.40. The van der Waals surface area contributed by atoms with Crippen molar-refractivity contribution in [2.45, 2.75) is 25.6 Å². The predicted octanol–water partition coefficient (Wildman–Crippen LogP) is 5.22. The van der Waals surface area contributed by atoms with Gasteiger partial charge in [-0.1, -0.05) is 18.2 Å². The molecule has 1 aliphatic rings. The Morgan fingerprint density at radius 1 is 1.03 bits per heavy atom. The summed E-state index contributed by atoms with van der Waals surface area (Å²) in [5.74, 6) is 0.522. The summed E-state index contributed by atoms with van der Waals surface area (Å²) < 4.78 is 57.1. The smallest absolute Gasteiger partial charge is 0.418 e. The summed E-state index contributed by atoms with van der Waals surface area (Å²) in [6.45, 7) is 2.06. The number of aromatic nitrogens is 1. The molecule has 178 valence electrons. The molecule has 0 fully saturated rings. The zero-order chi connectivity index (χ0) is 24.3. The first-order chi connectivity index (χ1) is 16.3. The molecular weight excluding hydrogens is 449 g/mol. The Hall–Kier alpha value is -3.75. The number of hydrogen-bond acceptors (Lipinski definition) is 5. The number of ether oxygens (including phenoxy) is 3. The van der Waals surface area contributed by atoms with E-state index in [1.165, 1.54) is 24.3 Å². The molecule has 1 amide bonds. The minimum absolute atomic E-state index is 0.0117. The number of anilines is 1. The lowest BCUT2D eigenvalue weighted by Gasteiger charge is -2.20. The van der Waals surface area contributed by atoms with Crippen molar-refractivity contribution in [3.63, 3.8) is 0 Å². The number of hydrogen-bond donors (Lipinski definition) is 0. The molecule has 1 aromatic heterocycles. The van der Waals surface area contributed by atoms with Crippen LogP contribution in [0.2, 0.25) is 0 Å². The minimum Gasteiger partial charge on any atom is -0.493 e. The lowest BCUT2D eigenvalue weighted by molar-refractivity contribution is -0.138. The second-order valence-corrected chi connectivity index (χ2v) is 7.59. The van der Waals surface area contributed by atoms with Gasteiger partial charge in [0.15, 0.2) is 11.5 Å². The van der Waals surface area contributed by atoms with E-state index in [-0.39, 0.29) is 24.8 Å². The molecule has 0 saturated heterocycles. The zero-order valence-electron chi connectivity index (χ0n) is 18.6. The molecule has 34 heavy (non-hydrogen) atoms. The van der Waals surface area contributed by atoms with Crippen molar-refractivity contribution in [1.29, 1.82) is 0 Å². The first kappa shape index (κ1) is 23.4. The van der Waals surface area contributed by atoms with Crippen LogP contribution in [0, 0.1) is 0 Å². The second kappa shape index (κ2) is 9.62. The summed E-state index contributed by atoms with van der Waals surface area (Å²) in [7, 11) is 1.52. The van der Waals surface area contributed by atoms with Gasteiger partial charge in [0.1, 0.15) is 12.4 Å². The normalized spacial score (nSPS) is 15.3. The predicted molar refractivity (Wildman–Crippen MR) is 119 cm³/mol. The van der Waals surface area contributed by atoms with Crippen molar-refractivity contribution in [2.75, 3.05) is 25.2 Å². The van der Waals surface area contributed by atoms with Crippen LogP contribution in [0.5, 0.6) is 17.2 Å². The van der Waals surface area contributed by atoms with Gasteiger partial charge in [0.25, 0.3) is 0 Å². The van der Waals surface area contributed by atoms with E-state index in [9.17, 15) is 18.0 Å². The van der Waals surface area contributed by atoms with Crippen molar-refractivity contribution in [2.24, 2.45) is 0 Å². The quantitative estimate of drug-likeness (QED) is 0.450. The maximum atomic E-state index is 13.5. The van der Waals surface area contributed by atoms with Gasteiger partial charge in [-0.3, -0.25) is 9.78 Å². The topological polar surface area (TPSA) is 60.9 Å². The molecule has 3 aromatic rings. The van der Waals surface area contributed by atoms with Crippen LogP contribution in [-0.4, -0.2) is 31.2 Å². The van der Waals surface area contributed by atoms with Crippen LogP contribution in [0.25, 0.3) is 0 Å². The summed E-state index contributed by atoms with van der Waals surface area (Å²) in [5.41, 5.74) is 0.163. The summed E-state index contributed by atoms with van der Waals surface area (Å²) in [6, 6.07) is 14.3. The van der Waals surface area contributed by atoms with Crippen LogP contribution >= 0.6 is 0 Å². The van der Waals surface area contributed by atoms with Crippen LogP contribution in [0.3, 0.4) is 0 Å². The molecule has 0 spiro atoms. The summed E-state index contributed by atoms with van der Waals surface area (Å²) in [4.78, 5) is 18.5. The van der Waals surface area contributed by atoms with Crippen LogP contribution in [0.4, 0.5) is 18.9 Å². The van der Waals surface area contributed by atoms with Crippen molar-refractivity contribution in [1.82, 2.24) is 4.98 Å². The van der Waals surface area contributed by atoms with Crippen molar-refractivity contribution in [3.8, 4) is 17.2 Å². The van der Waals surface area contributed by atoms with Gasteiger partial charge >= 0.3 is 6.18 Å². The number of amides is 1. The molecule has 0 saturated carbocycles. The van der Waals surface area contributed by atoms with E-state index >= 15 is 0 Å². The number of methoxy groups -OCH3 is 1. The first-order valence-electron chi connectivity index (χ1n) is 10.7. The van der Waals surface area contributed by atoms with Gasteiger partial charge in [-0.25, -0.2) is 0 Å². The molecule has 6 nitrogen and oxygen atoms in total. The summed E-state index contributed by atoms with van der Waals surface area (Å²) >= 11 is 0. The van der Waals surface area contributed by atoms with Gasteiger partial charge in [-0.05, 0) is 42.8 Å². The Labute approximate surface area is 194 Å². The molecule has 2 aromatic carbocycles. The number of rotatable bonds is 8. The van der Waals surface area contributed by atoms with Crippen LogP contribution in [-0.2, 0) is 17.5 Å². The first-order valence-corrected chi connectivity index (χ1v) is 10.7. The molecular formula is C25H23F3N2O4. The third kappa shape index (κ3) is 4.64. The Bertz CT molecular complexity index is 1180. The Morgan fingerprint density at radius 2 is 1.82 bits per heavy atom. The third-order valence-corrected chi connectivity index (χ3v) is 5.52. The molecule has 1 unspecified atom stereocenters. The summed E-state index contributed by atoms with van der Waals surface area (Å²) in [6.07, 6.45) is -3.28. The number of fused-ring (bicyclic) bond motifs is 1. The zero-order valence-corrected chi connectivity index (χ0v) is 18.6. The Balaban J connectivity index is 1.57. The lowest BCUT2D eigenvalue weighted by atomic mass is 10.0. The largest absolute Gasteiger partial charge is 0.493 e. The highest BCUT2D eigenvalue weighted by Crippen LogP contribution is 2.40. The molecule has 1 aliphatic heterocycles. The molecule has 1 atom stereocenters. The monoisotopic (exact) mass is 472 g/mol. The second-order valence-electron chi connectivity index (χ2n) is 7.59. The molecule has 0 aliphatic carbocycles. The van der Waals surface area contributed by atoms with E-state index in [0.717, 1.165) is 6.07 Å². The fraction of sp³-hybridized carbons (Fsp3) is 0.280. The Kier molecular flexibility index (Phi) is 6.63. The third-order valence-electron chi connectivity index (χ3n) is 5.52. The average molecular weight is 472 g/mol. The van der Waals surface area contributed by atoms with Gasteiger partial charge < -0.3 is 19.1 Å². The van der Waals surface area contributed by atoms with Crippen LogP contribution in [0.15, 0.2) is 60.8 Å². The van der Waals surface area contributed by atoms with Crippen molar-refractivity contribution >= 4 is 11.6 Å². The molecule has 0 bridgehead atoms. The number of benzene rings is 2. The highest BCUT2D eigenvalue weighted by molar-refractivity contribution is 6.05. The number of carbonyl (C=O) groups is 1. The minimum atomic E-state index is -4.57. The van der Waals surface area contributed by atoms with E-state index in [1.807, 2.05) is 6.92 Å². The maximum absolute atomic E-state index is 13.5. The molecule has 2 heterocycles. The summed E-state index contributed by atoms with van der Waals surface area (Å²) in [5, 5.41) is 0. The SMILES string of the molecule is CCOc1ccc(OCC2C(=O)N(Cc3ncccc3C(F)(F)F)c3ccccc32)cc1OC. The van der Waals surface area contributed by atoms with E-state index in [0.29, 0.717) is 35.1 Å². The van der Waals surface area contributed by atoms with Gasteiger partial charge in [-0.2, -0.15) is 13.2 Å². The molecule has 4 rings (SSSR count). The fourth-order valence-electron chi connectivity index (χ4n) is 3.96. The van der Waals surface area contributed by atoms with E-state index < -0.39 is 17.7 Å². The Morgan fingerprint density at radius 3 is 2.56 bits per heavy atom. The van der Waals surface area contributed by atoms with E-state index in [1.54, 1.807) is 42.5 Å². The van der Waals surface area contributed by atoms with Gasteiger partial charge in [0.2, 0.25) is 5.91 Å². The van der Waals surface area contributed by atoms with Gasteiger partial charge in [0.05, 0.1) is 37.4 Å². The number of halogens is 3. The van der Waals surface area contributed by atoms with Crippen molar-refractivity contribution in [3.05, 3.63) is 77.6 Å². The van der Waals surface area contributed by atoms with E-state index in [2.05, 4.69) is 4.98 Å². The lowest BCUT2D eigenvalue weighted by Crippen LogP contribution is -2.31. The fourth-order valence-corrected chi connectivity index (χ4v) is 3.96. The van der Waals surface area contributed by atoms with Gasteiger partial charge in [-0.15, -0.1) is 0 Å². The molecule has 0 radical (unpaired) electrons. The number of para-hydroxylation sites is 1. The highest BCUT2D eigenvalue weighted by atomic mass is 19.4. The number of carbonyl (C=O) groups excluding carboxylic acids is 1. The molecule has 0 N–H and O–H groups in total. The number of nitrogens with zero attached hydrogens (tertiary/aromatic N) is 2.